The van der Waals surface area contributed by atoms with Crippen molar-refractivity contribution in [1.29, 1.82) is 0 Å². The number of hydrogen-bond acceptors (Lipinski definition) is 1. The quantitative estimate of drug-likeness (QED) is 0.757. The van der Waals surface area contributed by atoms with Gasteiger partial charge in [-0.25, -0.2) is 8.78 Å². The van der Waals surface area contributed by atoms with Gasteiger partial charge in [0.05, 0.1) is 10.0 Å². The van der Waals surface area contributed by atoms with Gasteiger partial charge < -0.3 is 5.73 Å². The van der Waals surface area contributed by atoms with Gasteiger partial charge in [0, 0.05) is 11.3 Å². The van der Waals surface area contributed by atoms with Gasteiger partial charge in [0.25, 0.3) is 6.43 Å². The second-order valence-electron chi connectivity index (χ2n) is 3.82. The fraction of sp³-hybridized carbons (Fsp3) is 0.0769. The average Bonchev–Trinajstić information content (AvgIpc) is 2.31. The van der Waals surface area contributed by atoms with Crippen molar-refractivity contribution in [1.82, 2.24) is 0 Å². The first kappa shape index (κ1) is 13.1. The Morgan fingerprint density at radius 1 is 0.889 bits per heavy atom. The highest BCUT2D eigenvalue weighted by molar-refractivity contribution is 6.42. The second-order valence-corrected chi connectivity index (χ2v) is 4.63. The fourth-order valence-corrected chi connectivity index (χ4v) is 1.94. The van der Waals surface area contributed by atoms with Crippen LogP contribution in [-0.2, 0) is 0 Å². The first-order chi connectivity index (χ1) is 8.47. The lowest BCUT2D eigenvalue weighted by Crippen LogP contribution is -1.92. The van der Waals surface area contributed by atoms with Gasteiger partial charge in [-0.2, -0.15) is 0 Å². The molecule has 0 bridgehead atoms. The van der Waals surface area contributed by atoms with Gasteiger partial charge in [0.1, 0.15) is 0 Å². The molecule has 5 heteroatoms. The molecule has 0 radical (unpaired) electrons. The van der Waals surface area contributed by atoms with Gasteiger partial charge in [-0.15, -0.1) is 0 Å². The van der Waals surface area contributed by atoms with Gasteiger partial charge in [0.2, 0.25) is 0 Å². The van der Waals surface area contributed by atoms with Crippen molar-refractivity contribution in [3.63, 3.8) is 0 Å². The molecular weight excluding hydrogens is 279 g/mol. The molecule has 0 atom stereocenters. The van der Waals surface area contributed by atoms with Crippen LogP contribution in [-0.4, -0.2) is 0 Å². The van der Waals surface area contributed by atoms with E-state index >= 15 is 0 Å². The Balaban J connectivity index is 2.53. The van der Waals surface area contributed by atoms with Crippen molar-refractivity contribution >= 4 is 28.9 Å². The molecular formula is C13H9Cl2F2N. The van der Waals surface area contributed by atoms with Crippen LogP contribution in [0.5, 0.6) is 0 Å². The molecule has 2 N–H and O–H groups in total. The van der Waals surface area contributed by atoms with E-state index in [-0.39, 0.29) is 11.3 Å². The van der Waals surface area contributed by atoms with E-state index in [0.717, 1.165) is 0 Å². The minimum Gasteiger partial charge on any atom is -0.399 e. The highest BCUT2D eigenvalue weighted by Gasteiger charge is 2.10. The van der Waals surface area contributed by atoms with Crippen molar-refractivity contribution in [3.8, 4) is 11.1 Å². The van der Waals surface area contributed by atoms with Gasteiger partial charge in [0.15, 0.2) is 0 Å². The summed E-state index contributed by atoms with van der Waals surface area (Å²) in [6.45, 7) is 0. The molecule has 0 aliphatic heterocycles. The van der Waals surface area contributed by atoms with Gasteiger partial charge in [-0.3, -0.25) is 0 Å². The third-order valence-corrected chi connectivity index (χ3v) is 3.22. The minimum atomic E-state index is -2.56. The SMILES string of the molecule is Nc1cc(-c2ccc(Cl)c(Cl)c2)cc(C(F)F)c1. The molecule has 2 aromatic rings. The smallest absolute Gasteiger partial charge is 0.263 e. The topological polar surface area (TPSA) is 26.0 Å². The molecule has 0 aromatic heterocycles. The zero-order valence-corrected chi connectivity index (χ0v) is 10.6. The number of halogens is 4. The predicted molar refractivity (Wildman–Crippen MR) is 71.3 cm³/mol. The predicted octanol–water partition coefficient (Wildman–Crippen LogP) is 5.18. The molecule has 94 valence electrons. The number of nitrogens with two attached hydrogens (primary N) is 1. The lowest BCUT2D eigenvalue weighted by atomic mass is 10.0. The van der Waals surface area contributed by atoms with E-state index in [0.29, 0.717) is 21.2 Å². The number of benzene rings is 2. The number of rotatable bonds is 2. The number of nitrogen functional groups attached to an aromatic ring is 1. The molecule has 0 heterocycles. The van der Waals surface area contributed by atoms with Gasteiger partial charge in [-0.05, 0) is 41.5 Å². The summed E-state index contributed by atoms with van der Waals surface area (Å²) < 4.78 is 25.4. The normalized spacial score (nSPS) is 10.9. The van der Waals surface area contributed by atoms with Crippen LogP contribution in [0.1, 0.15) is 12.0 Å². The van der Waals surface area contributed by atoms with Gasteiger partial charge in [-0.1, -0.05) is 29.3 Å². The lowest BCUT2D eigenvalue weighted by Gasteiger charge is -2.08. The largest absolute Gasteiger partial charge is 0.399 e. The summed E-state index contributed by atoms with van der Waals surface area (Å²) in [7, 11) is 0. The molecule has 0 aliphatic carbocycles. The summed E-state index contributed by atoms with van der Waals surface area (Å²) in [5.74, 6) is 0. The Kier molecular flexibility index (Phi) is 3.73. The summed E-state index contributed by atoms with van der Waals surface area (Å²) >= 11 is 11.7. The Hall–Kier alpha value is -1.32. The zero-order chi connectivity index (χ0) is 13.3. The van der Waals surface area contributed by atoms with Crippen LogP contribution in [0.3, 0.4) is 0 Å². The van der Waals surface area contributed by atoms with E-state index in [4.69, 9.17) is 28.9 Å². The van der Waals surface area contributed by atoms with Crippen molar-refractivity contribution in [2.45, 2.75) is 6.43 Å². The maximum Gasteiger partial charge on any atom is 0.263 e. The van der Waals surface area contributed by atoms with E-state index in [1.165, 1.54) is 12.1 Å². The standard InChI is InChI=1S/C13H9Cl2F2N/c14-11-2-1-7(6-12(11)15)8-3-9(13(16)17)5-10(18)4-8/h1-6,13H,18H2. The molecule has 0 amide bonds. The summed E-state index contributed by atoms with van der Waals surface area (Å²) in [6, 6.07) is 9.20. The maximum atomic E-state index is 12.7. The molecule has 2 rings (SSSR count). The molecule has 0 saturated heterocycles. The summed E-state index contributed by atoms with van der Waals surface area (Å²) in [4.78, 5) is 0. The van der Waals surface area contributed by atoms with E-state index in [9.17, 15) is 8.78 Å². The third-order valence-electron chi connectivity index (χ3n) is 2.48. The van der Waals surface area contributed by atoms with Crippen molar-refractivity contribution in [2.24, 2.45) is 0 Å². The molecule has 0 unspecified atom stereocenters. The molecule has 1 nitrogen and oxygen atoms in total. The minimum absolute atomic E-state index is 0.115. The Morgan fingerprint density at radius 3 is 2.22 bits per heavy atom. The summed E-state index contributed by atoms with van der Waals surface area (Å²) in [5, 5.41) is 0.786. The van der Waals surface area contributed by atoms with Crippen LogP contribution in [0.15, 0.2) is 36.4 Å². The third kappa shape index (κ3) is 2.74. The van der Waals surface area contributed by atoms with Crippen molar-refractivity contribution in [2.75, 3.05) is 5.73 Å². The van der Waals surface area contributed by atoms with E-state index in [2.05, 4.69) is 0 Å². The Morgan fingerprint density at radius 2 is 1.61 bits per heavy atom. The highest BCUT2D eigenvalue weighted by atomic mass is 35.5. The van der Waals surface area contributed by atoms with Crippen LogP contribution < -0.4 is 5.73 Å². The fourth-order valence-electron chi connectivity index (χ4n) is 1.64. The zero-order valence-electron chi connectivity index (χ0n) is 9.13. The van der Waals surface area contributed by atoms with E-state index in [1.807, 2.05) is 0 Å². The Bertz CT molecular complexity index is 585. The molecule has 0 spiro atoms. The summed E-state index contributed by atoms with van der Waals surface area (Å²) in [5.41, 5.74) is 7.06. The molecule has 0 aliphatic rings. The van der Waals surface area contributed by atoms with E-state index in [1.54, 1.807) is 24.3 Å². The van der Waals surface area contributed by atoms with E-state index < -0.39 is 6.43 Å². The molecule has 0 saturated carbocycles. The van der Waals surface area contributed by atoms with Gasteiger partial charge >= 0.3 is 0 Å². The highest BCUT2D eigenvalue weighted by Crippen LogP contribution is 2.32. The molecule has 0 fully saturated rings. The van der Waals surface area contributed by atoms with Crippen LogP contribution in [0.2, 0.25) is 10.0 Å². The van der Waals surface area contributed by atoms with Crippen LogP contribution in [0.25, 0.3) is 11.1 Å². The average molecular weight is 288 g/mol. The van der Waals surface area contributed by atoms with Crippen LogP contribution in [0, 0.1) is 0 Å². The second kappa shape index (κ2) is 5.12. The van der Waals surface area contributed by atoms with Crippen molar-refractivity contribution < 1.29 is 8.78 Å². The molecule has 18 heavy (non-hydrogen) atoms. The first-order valence-corrected chi connectivity index (χ1v) is 5.87. The number of alkyl halides is 2. The van der Waals surface area contributed by atoms with Crippen molar-refractivity contribution in [3.05, 3.63) is 52.0 Å². The van der Waals surface area contributed by atoms with Crippen LogP contribution in [0.4, 0.5) is 14.5 Å². The maximum absolute atomic E-state index is 12.7. The monoisotopic (exact) mass is 287 g/mol. The number of hydrogen-bond donors (Lipinski definition) is 1. The Labute approximate surface area is 113 Å². The van der Waals surface area contributed by atoms with Crippen LogP contribution >= 0.6 is 23.2 Å². The number of anilines is 1. The molecule has 2 aromatic carbocycles. The summed E-state index contributed by atoms with van der Waals surface area (Å²) in [6.07, 6.45) is -2.56. The lowest BCUT2D eigenvalue weighted by molar-refractivity contribution is 0.151. The first-order valence-electron chi connectivity index (χ1n) is 5.11.